The van der Waals surface area contributed by atoms with Crippen molar-refractivity contribution in [3.8, 4) is 0 Å². The van der Waals surface area contributed by atoms with Gasteiger partial charge in [0, 0.05) is 0 Å². The first-order valence-corrected chi connectivity index (χ1v) is 4.19. The molecule has 12 heavy (non-hydrogen) atoms. The second kappa shape index (κ2) is 2.44. The summed E-state index contributed by atoms with van der Waals surface area (Å²) in [5.74, 6) is 0.113. The molecule has 1 saturated carbocycles. The summed E-state index contributed by atoms with van der Waals surface area (Å²) in [7, 11) is 1.40. The average Bonchev–Trinajstić information content (AvgIpc) is 2.64. The summed E-state index contributed by atoms with van der Waals surface area (Å²) in [5, 5.41) is 0. The van der Waals surface area contributed by atoms with Gasteiger partial charge in [-0.15, -0.1) is 0 Å². The van der Waals surface area contributed by atoms with Crippen LogP contribution in [0.15, 0.2) is 0 Å². The molecule has 0 aromatic rings. The number of esters is 1. The Morgan fingerprint density at radius 1 is 1.83 bits per heavy atom. The van der Waals surface area contributed by atoms with Crippen molar-refractivity contribution in [2.24, 2.45) is 11.7 Å². The highest BCUT2D eigenvalue weighted by Crippen LogP contribution is 2.50. The van der Waals surface area contributed by atoms with Crippen molar-refractivity contribution >= 4 is 5.97 Å². The van der Waals surface area contributed by atoms with Crippen LogP contribution < -0.4 is 5.73 Å². The molecule has 0 bridgehead atoms. The molecule has 0 spiro atoms. The minimum atomic E-state index is -0.390. The van der Waals surface area contributed by atoms with E-state index in [1.807, 2.05) is 0 Å². The maximum atomic E-state index is 10.9. The Labute approximate surface area is 71.0 Å². The lowest BCUT2D eigenvalue weighted by Crippen LogP contribution is -2.23. The third kappa shape index (κ3) is 1.11. The molecule has 0 aromatic heterocycles. The normalized spacial score (nSPS) is 43.8. The summed E-state index contributed by atoms with van der Waals surface area (Å²) in [6.07, 6.45) is 2.41. The van der Waals surface area contributed by atoms with E-state index in [2.05, 4.69) is 4.74 Å². The van der Waals surface area contributed by atoms with E-state index in [1.54, 1.807) is 0 Å². The molecule has 3 unspecified atom stereocenters. The topological polar surface area (TPSA) is 64.8 Å². The van der Waals surface area contributed by atoms with E-state index >= 15 is 0 Å². The van der Waals surface area contributed by atoms with E-state index in [-0.39, 0.29) is 18.0 Å². The van der Waals surface area contributed by atoms with Gasteiger partial charge >= 0.3 is 5.97 Å². The smallest absolute Gasteiger partial charge is 0.305 e. The van der Waals surface area contributed by atoms with Crippen molar-refractivity contribution < 1.29 is 14.3 Å². The minimum absolute atomic E-state index is 0.108. The highest BCUT2D eigenvalue weighted by atomic mass is 16.6. The fraction of sp³-hybridized carbons (Fsp3) is 0.875. The molecule has 0 amide bonds. The van der Waals surface area contributed by atoms with Gasteiger partial charge in [0.15, 0.2) is 0 Å². The average molecular weight is 171 g/mol. The number of nitrogens with two attached hydrogens (primary N) is 1. The first-order valence-electron chi connectivity index (χ1n) is 4.19. The van der Waals surface area contributed by atoms with Gasteiger partial charge in [-0.25, -0.2) is 0 Å². The maximum absolute atomic E-state index is 10.9. The number of rotatable bonds is 2. The second-order valence-corrected chi connectivity index (χ2v) is 3.57. The number of epoxide rings is 1. The Morgan fingerprint density at radius 3 is 3.00 bits per heavy atom. The Morgan fingerprint density at radius 2 is 2.58 bits per heavy atom. The van der Waals surface area contributed by atoms with Crippen molar-refractivity contribution in [3.63, 3.8) is 0 Å². The summed E-state index contributed by atoms with van der Waals surface area (Å²) in [6.45, 7) is 0. The van der Waals surface area contributed by atoms with Gasteiger partial charge in [0.05, 0.1) is 13.5 Å². The minimum Gasteiger partial charge on any atom is -0.469 e. The molecule has 1 heterocycles. The molecule has 1 aliphatic heterocycles. The summed E-state index contributed by atoms with van der Waals surface area (Å²) in [4.78, 5) is 10.9. The van der Waals surface area contributed by atoms with Crippen LogP contribution in [0.25, 0.3) is 0 Å². The van der Waals surface area contributed by atoms with Crippen molar-refractivity contribution in [3.05, 3.63) is 0 Å². The van der Waals surface area contributed by atoms with E-state index < -0.39 is 5.72 Å². The van der Waals surface area contributed by atoms with Gasteiger partial charge in [-0.1, -0.05) is 0 Å². The lowest BCUT2D eigenvalue weighted by atomic mass is 10.0. The summed E-state index contributed by atoms with van der Waals surface area (Å²) in [6, 6.07) is 0. The van der Waals surface area contributed by atoms with Crippen LogP contribution in [0.3, 0.4) is 0 Å². The van der Waals surface area contributed by atoms with Crippen LogP contribution >= 0.6 is 0 Å². The van der Waals surface area contributed by atoms with Crippen molar-refractivity contribution in [2.75, 3.05) is 7.11 Å². The van der Waals surface area contributed by atoms with Crippen LogP contribution in [0.2, 0.25) is 0 Å². The van der Waals surface area contributed by atoms with Crippen LogP contribution in [-0.4, -0.2) is 24.9 Å². The third-order valence-corrected chi connectivity index (χ3v) is 2.76. The fourth-order valence-electron chi connectivity index (χ4n) is 1.97. The Kier molecular flexibility index (Phi) is 1.63. The SMILES string of the molecule is COC(=O)CC1CCC2(N)OC12. The number of carbonyl (C=O) groups is 1. The largest absolute Gasteiger partial charge is 0.469 e. The highest BCUT2D eigenvalue weighted by Gasteiger charge is 2.61. The molecule has 2 N–H and O–H groups in total. The number of methoxy groups -OCH3 is 1. The zero-order valence-corrected chi connectivity index (χ0v) is 7.08. The van der Waals surface area contributed by atoms with Gasteiger partial charge in [-0.2, -0.15) is 0 Å². The lowest BCUT2D eigenvalue weighted by molar-refractivity contribution is -0.141. The van der Waals surface area contributed by atoms with Crippen LogP contribution in [0.5, 0.6) is 0 Å². The summed E-state index contributed by atoms with van der Waals surface area (Å²) >= 11 is 0. The molecule has 4 heteroatoms. The molecule has 1 saturated heterocycles. The van der Waals surface area contributed by atoms with Gasteiger partial charge in [0.25, 0.3) is 0 Å². The maximum Gasteiger partial charge on any atom is 0.305 e. The Balaban J connectivity index is 1.88. The molecule has 0 radical (unpaired) electrons. The molecule has 0 aromatic carbocycles. The van der Waals surface area contributed by atoms with E-state index in [0.717, 1.165) is 12.8 Å². The quantitative estimate of drug-likeness (QED) is 0.469. The molecule has 4 nitrogen and oxygen atoms in total. The van der Waals surface area contributed by atoms with Gasteiger partial charge in [0.2, 0.25) is 0 Å². The molecule has 3 atom stereocenters. The number of ether oxygens (including phenoxy) is 2. The van der Waals surface area contributed by atoms with Crippen molar-refractivity contribution in [1.82, 2.24) is 0 Å². The molecular formula is C8H13NO3. The van der Waals surface area contributed by atoms with Crippen molar-refractivity contribution in [1.29, 1.82) is 0 Å². The van der Waals surface area contributed by atoms with E-state index in [9.17, 15) is 4.79 Å². The second-order valence-electron chi connectivity index (χ2n) is 3.57. The van der Waals surface area contributed by atoms with E-state index in [0.29, 0.717) is 6.42 Å². The number of hydrogen-bond acceptors (Lipinski definition) is 4. The van der Waals surface area contributed by atoms with Crippen molar-refractivity contribution in [2.45, 2.75) is 31.1 Å². The predicted octanol–water partition coefficient (Wildman–Crippen LogP) is 0.0133. The molecule has 1 aliphatic carbocycles. The predicted molar refractivity (Wildman–Crippen MR) is 41.1 cm³/mol. The summed E-state index contributed by atoms with van der Waals surface area (Å²) < 4.78 is 9.84. The molecular weight excluding hydrogens is 158 g/mol. The zero-order valence-electron chi connectivity index (χ0n) is 7.08. The van der Waals surface area contributed by atoms with E-state index in [4.69, 9.17) is 10.5 Å². The zero-order chi connectivity index (χ0) is 8.77. The molecule has 2 rings (SSSR count). The first kappa shape index (κ1) is 8.01. The van der Waals surface area contributed by atoms with Crippen LogP contribution in [-0.2, 0) is 14.3 Å². The van der Waals surface area contributed by atoms with Gasteiger partial charge in [0.1, 0.15) is 11.8 Å². The van der Waals surface area contributed by atoms with Crippen LogP contribution in [0, 0.1) is 5.92 Å². The monoisotopic (exact) mass is 171 g/mol. The Bertz CT molecular complexity index is 218. The highest BCUT2D eigenvalue weighted by molar-refractivity contribution is 5.69. The van der Waals surface area contributed by atoms with Gasteiger partial charge < -0.3 is 15.2 Å². The fourth-order valence-corrected chi connectivity index (χ4v) is 1.97. The lowest BCUT2D eigenvalue weighted by Gasteiger charge is -2.06. The number of fused-ring (bicyclic) bond motifs is 1. The standard InChI is InChI=1S/C8H13NO3/c1-11-6(10)4-5-2-3-8(9)7(5)12-8/h5,7H,2-4,9H2,1H3. The third-order valence-electron chi connectivity index (χ3n) is 2.76. The van der Waals surface area contributed by atoms with Crippen LogP contribution in [0.4, 0.5) is 0 Å². The van der Waals surface area contributed by atoms with Crippen LogP contribution in [0.1, 0.15) is 19.3 Å². The number of hydrogen-bond donors (Lipinski definition) is 1. The Hall–Kier alpha value is -0.610. The van der Waals surface area contributed by atoms with Gasteiger partial charge in [-0.05, 0) is 18.8 Å². The van der Waals surface area contributed by atoms with E-state index in [1.165, 1.54) is 7.11 Å². The number of carbonyl (C=O) groups excluding carboxylic acids is 1. The van der Waals surface area contributed by atoms with Gasteiger partial charge in [-0.3, -0.25) is 4.79 Å². The first-order chi connectivity index (χ1) is 5.65. The molecule has 2 aliphatic rings. The molecule has 68 valence electrons. The summed E-state index contributed by atoms with van der Waals surface area (Å²) in [5.41, 5.74) is 5.39. The molecule has 2 fully saturated rings.